The lowest BCUT2D eigenvalue weighted by Crippen LogP contribution is -2.41. The second-order valence-electron chi connectivity index (χ2n) is 5.63. The molecule has 2 atom stereocenters. The minimum absolute atomic E-state index is 0.0426. The van der Waals surface area contributed by atoms with E-state index in [1.165, 1.54) is 0 Å². The zero-order valence-electron chi connectivity index (χ0n) is 11.1. The van der Waals surface area contributed by atoms with Gasteiger partial charge in [-0.05, 0) is 25.0 Å². The van der Waals surface area contributed by atoms with Crippen LogP contribution >= 0.6 is 0 Å². The molecule has 1 aromatic carbocycles. The van der Waals surface area contributed by atoms with Crippen molar-refractivity contribution in [3.63, 3.8) is 0 Å². The maximum Gasteiger partial charge on any atom is 0.172 e. The summed E-state index contributed by atoms with van der Waals surface area (Å²) in [6.45, 7) is 1.99. The molecule has 2 N–H and O–H groups in total. The van der Waals surface area contributed by atoms with E-state index in [4.69, 9.17) is 5.73 Å². The molecule has 0 bridgehead atoms. The van der Waals surface area contributed by atoms with Gasteiger partial charge in [-0.25, -0.2) is 0 Å². The van der Waals surface area contributed by atoms with Crippen LogP contribution in [0.5, 0.6) is 0 Å². The Hall–Kier alpha value is -1.74. The van der Waals surface area contributed by atoms with Gasteiger partial charge in [0.15, 0.2) is 5.78 Å². The molecule has 2 unspecified atom stereocenters. The molecule has 0 aliphatic heterocycles. The van der Waals surface area contributed by atoms with E-state index in [1.807, 2.05) is 37.3 Å². The topological polar surface area (TPSA) is 56.0 Å². The van der Waals surface area contributed by atoms with E-state index in [1.54, 1.807) is 6.20 Å². The molecule has 3 heteroatoms. The molecule has 1 aliphatic carbocycles. The predicted molar refractivity (Wildman–Crippen MR) is 76.0 cm³/mol. The third kappa shape index (κ3) is 1.85. The number of carbonyl (C=O) groups is 1. The number of Topliss-reactive ketones (excluding diaryl/α,β-unsaturated/α-hetero) is 1. The number of hydrogen-bond donors (Lipinski definition) is 1. The molecule has 98 valence electrons. The molecule has 0 saturated heterocycles. The predicted octanol–water partition coefficient (Wildman–Crippen LogP) is 2.93. The first-order valence-corrected chi connectivity index (χ1v) is 6.77. The van der Waals surface area contributed by atoms with Gasteiger partial charge in [-0.2, -0.15) is 0 Å². The molecular formula is C16H18N2O. The van der Waals surface area contributed by atoms with E-state index in [-0.39, 0.29) is 11.8 Å². The summed E-state index contributed by atoms with van der Waals surface area (Å²) < 4.78 is 0. The Balaban J connectivity index is 2.12. The van der Waals surface area contributed by atoms with E-state index in [0.717, 1.165) is 30.2 Å². The van der Waals surface area contributed by atoms with Crippen LogP contribution in [0.25, 0.3) is 10.9 Å². The van der Waals surface area contributed by atoms with Crippen LogP contribution in [-0.2, 0) is 0 Å². The molecule has 3 nitrogen and oxygen atoms in total. The number of nitrogens with two attached hydrogens (primary N) is 1. The van der Waals surface area contributed by atoms with Crippen molar-refractivity contribution in [2.75, 3.05) is 0 Å². The number of ketones is 1. The molecule has 1 aliphatic rings. The van der Waals surface area contributed by atoms with Gasteiger partial charge < -0.3 is 5.73 Å². The van der Waals surface area contributed by atoms with Crippen molar-refractivity contribution in [3.05, 3.63) is 42.1 Å². The van der Waals surface area contributed by atoms with Gasteiger partial charge >= 0.3 is 0 Å². The fourth-order valence-corrected chi connectivity index (χ4v) is 3.07. The third-order valence-electron chi connectivity index (χ3n) is 4.43. The summed E-state index contributed by atoms with van der Waals surface area (Å²) in [5.41, 5.74) is 7.21. The van der Waals surface area contributed by atoms with Gasteiger partial charge in [0.2, 0.25) is 0 Å². The van der Waals surface area contributed by atoms with Gasteiger partial charge in [0.1, 0.15) is 0 Å². The van der Waals surface area contributed by atoms with Gasteiger partial charge in [-0.15, -0.1) is 0 Å². The van der Waals surface area contributed by atoms with Gasteiger partial charge in [0.05, 0.1) is 5.52 Å². The number of fused-ring (bicyclic) bond motifs is 1. The Labute approximate surface area is 112 Å². The van der Waals surface area contributed by atoms with Gasteiger partial charge in [0.25, 0.3) is 0 Å². The lowest BCUT2D eigenvalue weighted by Gasteiger charge is -2.27. The molecule has 0 spiro atoms. The van der Waals surface area contributed by atoms with E-state index in [9.17, 15) is 4.79 Å². The van der Waals surface area contributed by atoms with Crippen LogP contribution in [0.15, 0.2) is 36.5 Å². The van der Waals surface area contributed by atoms with Crippen molar-refractivity contribution < 1.29 is 4.79 Å². The molecule has 2 aromatic rings. The maximum absolute atomic E-state index is 12.9. The normalized spacial score (nSPS) is 26.7. The fraction of sp³-hybridized carbons (Fsp3) is 0.375. The highest BCUT2D eigenvalue weighted by molar-refractivity contribution is 6.09. The fourth-order valence-electron chi connectivity index (χ4n) is 3.07. The van der Waals surface area contributed by atoms with Crippen LogP contribution in [0.4, 0.5) is 0 Å². The zero-order chi connectivity index (χ0) is 13.5. The molecule has 1 fully saturated rings. The number of para-hydroxylation sites is 1. The summed E-state index contributed by atoms with van der Waals surface area (Å²) in [4.78, 5) is 17.2. The van der Waals surface area contributed by atoms with Crippen molar-refractivity contribution in [1.29, 1.82) is 0 Å². The Kier molecular flexibility index (Phi) is 2.86. The molecule has 1 saturated carbocycles. The van der Waals surface area contributed by atoms with Crippen molar-refractivity contribution in [3.8, 4) is 0 Å². The number of carbonyl (C=O) groups excluding carboxylic acids is 1. The van der Waals surface area contributed by atoms with E-state index in [2.05, 4.69) is 4.98 Å². The number of pyridine rings is 1. The Morgan fingerprint density at radius 1 is 1.37 bits per heavy atom. The van der Waals surface area contributed by atoms with Crippen molar-refractivity contribution in [2.24, 2.45) is 11.1 Å². The van der Waals surface area contributed by atoms with E-state index in [0.29, 0.717) is 5.56 Å². The Morgan fingerprint density at radius 3 is 2.89 bits per heavy atom. The summed E-state index contributed by atoms with van der Waals surface area (Å²) >= 11 is 0. The van der Waals surface area contributed by atoms with Gasteiger partial charge in [0, 0.05) is 28.6 Å². The monoisotopic (exact) mass is 254 g/mol. The second-order valence-corrected chi connectivity index (χ2v) is 5.63. The molecule has 0 amide bonds. The Bertz CT molecular complexity index is 632. The van der Waals surface area contributed by atoms with Crippen LogP contribution in [-0.4, -0.2) is 16.8 Å². The van der Waals surface area contributed by atoms with Crippen LogP contribution < -0.4 is 5.73 Å². The van der Waals surface area contributed by atoms with E-state index < -0.39 is 5.41 Å². The number of benzene rings is 1. The molecule has 1 heterocycles. The molecule has 19 heavy (non-hydrogen) atoms. The molecular weight excluding hydrogens is 236 g/mol. The highest BCUT2D eigenvalue weighted by atomic mass is 16.1. The lowest BCUT2D eigenvalue weighted by atomic mass is 9.77. The maximum atomic E-state index is 12.9. The first kappa shape index (κ1) is 12.3. The Morgan fingerprint density at radius 2 is 2.16 bits per heavy atom. The molecule has 1 aromatic heterocycles. The molecule has 3 rings (SSSR count). The van der Waals surface area contributed by atoms with Crippen LogP contribution in [0.1, 0.15) is 36.5 Å². The first-order chi connectivity index (χ1) is 9.13. The standard InChI is InChI=1S/C16H18N2O/c1-16(9-3-8-13(16)17)15(19)12-7-2-5-11-6-4-10-18-14(11)12/h2,4-7,10,13H,3,8-9,17H2,1H3. The largest absolute Gasteiger partial charge is 0.327 e. The quantitative estimate of drug-likeness (QED) is 0.838. The number of nitrogens with zero attached hydrogens (tertiary/aromatic N) is 1. The zero-order valence-corrected chi connectivity index (χ0v) is 11.1. The van der Waals surface area contributed by atoms with Crippen LogP contribution in [0.3, 0.4) is 0 Å². The van der Waals surface area contributed by atoms with E-state index >= 15 is 0 Å². The van der Waals surface area contributed by atoms with Crippen molar-refractivity contribution in [1.82, 2.24) is 4.98 Å². The smallest absolute Gasteiger partial charge is 0.172 e. The van der Waals surface area contributed by atoms with Crippen molar-refractivity contribution >= 4 is 16.7 Å². The number of hydrogen-bond acceptors (Lipinski definition) is 3. The minimum Gasteiger partial charge on any atom is -0.327 e. The number of rotatable bonds is 2. The number of aromatic nitrogens is 1. The summed E-state index contributed by atoms with van der Waals surface area (Å²) in [6.07, 6.45) is 4.56. The minimum atomic E-state index is -0.439. The second kappa shape index (κ2) is 4.42. The first-order valence-electron chi connectivity index (χ1n) is 6.77. The summed E-state index contributed by atoms with van der Waals surface area (Å²) in [5, 5.41) is 1.00. The summed E-state index contributed by atoms with van der Waals surface area (Å²) in [5.74, 6) is 0.141. The highest BCUT2D eigenvalue weighted by Gasteiger charge is 2.43. The van der Waals surface area contributed by atoms with Gasteiger partial charge in [-0.1, -0.05) is 31.5 Å². The van der Waals surface area contributed by atoms with Crippen LogP contribution in [0, 0.1) is 5.41 Å². The van der Waals surface area contributed by atoms with Crippen molar-refractivity contribution in [2.45, 2.75) is 32.2 Å². The summed E-state index contributed by atoms with van der Waals surface area (Å²) in [6, 6.07) is 9.60. The van der Waals surface area contributed by atoms with Crippen LogP contribution in [0.2, 0.25) is 0 Å². The average molecular weight is 254 g/mol. The van der Waals surface area contributed by atoms with Gasteiger partial charge in [-0.3, -0.25) is 9.78 Å². The lowest BCUT2D eigenvalue weighted by molar-refractivity contribution is 0.0804. The highest BCUT2D eigenvalue weighted by Crippen LogP contribution is 2.40. The summed E-state index contributed by atoms with van der Waals surface area (Å²) in [7, 11) is 0. The SMILES string of the molecule is CC1(C(=O)c2cccc3cccnc23)CCCC1N. The third-order valence-corrected chi connectivity index (χ3v) is 4.43. The average Bonchev–Trinajstić information content (AvgIpc) is 2.78. The molecule has 0 radical (unpaired) electrons.